The molecular weight excluding hydrogens is 238 g/mol. The monoisotopic (exact) mass is 259 g/mol. The summed E-state index contributed by atoms with van der Waals surface area (Å²) < 4.78 is 1.39. The van der Waals surface area contributed by atoms with Gasteiger partial charge in [-0.3, -0.25) is 0 Å². The van der Waals surface area contributed by atoms with Crippen LogP contribution in [0.3, 0.4) is 0 Å². The van der Waals surface area contributed by atoms with Crippen molar-refractivity contribution in [2.75, 3.05) is 13.1 Å². The molecule has 0 radical (unpaired) electrons. The number of thiophene rings is 1. The quantitative estimate of drug-likeness (QED) is 0.574. The Kier molecular flexibility index (Phi) is 5.43. The maximum atomic E-state index is 3.41. The van der Waals surface area contributed by atoms with Crippen LogP contribution in [0, 0.1) is 0 Å². The molecule has 0 saturated carbocycles. The van der Waals surface area contributed by atoms with E-state index < -0.39 is 0 Å². The van der Waals surface area contributed by atoms with E-state index in [1.54, 1.807) is 0 Å². The van der Waals surface area contributed by atoms with Crippen molar-refractivity contribution in [2.24, 2.45) is 0 Å². The molecule has 2 rings (SSSR count). The lowest BCUT2D eigenvalue weighted by Gasteiger charge is -1.98. The van der Waals surface area contributed by atoms with E-state index in [-0.39, 0.29) is 0 Å². The van der Waals surface area contributed by atoms with Gasteiger partial charge in [-0.25, -0.2) is 0 Å². The Balaban J connectivity index is 1.81. The minimum absolute atomic E-state index is 1.05. The van der Waals surface area contributed by atoms with Gasteiger partial charge in [0, 0.05) is 4.70 Å². The number of hydrogen-bond acceptors (Lipinski definition) is 2. The van der Waals surface area contributed by atoms with Crippen molar-refractivity contribution in [3.63, 3.8) is 0 Å². The van der Waals surface area contributed by atoms with Gasteiger partial charge in [0.05, 0.1) is 0 Å². The number of nitrogens with one attached hydrogen (secondary N) is 1. The van der Waals surface area contributed by atoms with Crippen molar-refractivity contribution < 1.29 is 0 Å². The average molecular weight is 259 g/mol. The summed E-state index contributed by atoms with van der Waals surface area (Å²) in [6.45, 7) is 4.42. The second kappa shape index (κ2) is 7.34. The summed E-state index contributed by atoms with van der Waals surface area (Å²) in [6, 6.07) is 8.65. The Morgan fingerprint density at radius 1 is 1.17 bits per heavy atom. The lowest BCUT2D eigenvalue weighted by Crippen LogP contribution is -2.14. The smallest absolute Gasteiger partial charge is 0.0345 e. The Morgan fingerprint density at radius 3 is 2.94 bits per heavy atom. The molecule has 0 aliphatic heterocycles. The third kappa shape index (κ3) is 3.69. The summed E-state index contributed by atoms with van der Waals surface area (Å²) in [4.78, 5) is 0. The van der Waals surface area contributed by atoms with Gasteiger partial charge in [-0.2, -0.15) is 0 Å². The Labute approximate surface area is 114 Å². The van der Waals surface area contributed by atoms with Gasteiger partial charge in [0.15, 0.2) is 0 Å². The van der Waals surface area contributed by atoms with E-state index in [4.69, 9.17) is 0 Å². The number of hydrogen-bond donors (Lipinski definition) is 1. The molecule has 0 spiro atoms. The summed E-state index contributed by atoms with van der Waals surface area (Å²) in [7, 11) is 0. The molecule has 0 aliphatic rings. The zero-order valence-electron chi connectivity index (χ0n) is 11.0. The molecule has 2 aromatic rings. The molecule has 0 amide bonds. The van der Waals surface area contributed by atoms with E-state index >= 15 is 0 Å². The molecule has 1 aromatic carbocycles. The van der Waals surface area contributed by atoms with Crippen molar-refractivity contribution in [3.05, 3.63) is 47.4 Å². The third-order valence-electron chi connectivity index (χ3n) is 2.98. The second-order valence-electron chi connectivity index (χ2n) is 4.47. The molecule has 1 N–H and O–H groups in total. The van der Waals surface area contributed by atoms with E-state index in [1.807, 2.05) is 11.3 Å². The lowest BCUT2D eigenvalue weighted by molar-refractivity contribution is 0.678. The Morgan fingerprint density at radius 2 is 2.06 bits per heavy atom. The first kappa shape index (κ1) is 13.3. The molecule has 0 atom stereocenters. The van der Waals surface area contributed by atoms with Crippen molar-refractivity contribution in [1.82, 2.24) is 5.32 Å². The molecule has 0 bridgehead atoms. The van der Waals surface area contributed by atoms with Crippen LogP contribution in [0.4, 0.5) is 0 Å². The molecule has 1 heterocycles. The molecular formula is C16H21NS. The van der Waals surface area contributed by atoms with Gasteiger partial charge in [0.25, 0.3) is 0 Å². The van der Waals surface area contributed by atoms with E-state index in [2.05, 4.69) is 54.0 Å². The fourth-order valence-electron chi connectivity index (χ4n) is 2.01. The standard InChI is InChI=1S/C16H21NS/c1-2-11-17-12-7-3-4-8-14-13-18-16-10-6-5-9-15(14)16/h3-6,9-10,13,17H,2,7-8,11-12H2,1H3. The highest BCUT2D eigenvalue weighted by Crippen LogP contribution is 2.25. The summed E-state index contributed by atoms with van der Waals surface area (Å²) in [5.41, 5.74) is 1.45. The van der Waals surface area contributed by atoms with Crippen LogP contribution in [-0.4, -0.2) is 13.1 Å². The van der Waals surface area contributed by atoms with Crippen LogP contribution in [0.15, 0.2) is 41.8 Å². The van der Waals surface area contributed by atoms with Crippen LogP contribution < -0.4 is 5.32 Å². The summed E-state index contributed by atoms with van der Waals surface area (Å²) in [6.07, 6.45) is 7.97. The van der Waals surface area contributed by atoms with Gasteiger partial charge in [0.2, 0.25) is 0 Å². The normalized spacial score (nSPS) is 11.6. The van der Waals surface area contributed by atoms with Crippen molar-refractivity contribution in [1.29, 1.82) is 0 Å². The first-order valence-corrected chi connectivity index (χ1v) is 7.60. The molecule has 0 saturated heterocycles. The minimum Gasteiger partial charge on any atom is -0.316 e. The van der Waals surface area contributed by atoms with E-state index in [0.717, 1.165) is 25.9 Å². The summed E-state index contributed by atoms with van der Waals surface area (Å²) in [5.74, 6) is 0. The average Bonchev–Trinajstić information content (AvgIpc) is 2.81. The molecule has 1 aromatic heterocycles. The molecule has 18 heavy (non-hydrogen) atoms. The van der Waals surface area contributed by atoms with E-state index in [0.29, 0.717) is 0 Å². The summed E-state index contributed by atoms with van der Waals surface area (Å²) in [5, 5.41) is 7.10. The predicted octanol–water partition coefficient (Wildman–Crippen LogP) is 4.39. The molecule has 0 unspecified atom stereocenters. The largest absolute Gasteiger partial charge is 0.316 e. The van der Waals surface area contributed by atoms with Gasteiger partial charge in [-0.05, 0) is 54.7 Å². The Hall–Kier alpha value is -1.12. The van der Waals surface area contributed by atoms with Gasteiger partial charge < -0.3 is 5.32 Å². The fraction of sp³-hybridized carbons (Fsp3) is 0.375. The Bertz CT molecular complexity index is 499. The predicted molar refractivity (Wildman–Crippen MR) is 82.4 cm³/mol. The maximum Gasteiger partial charge on any atom is 0.0345 e. The lowest BCUT2D eigenvalue weighted by atomic mass is 10.1. The first-order valence-electron chi connectivity index (χ1n) is 6.72. The highest BCUT2D eigenvalue weighted by atomic mass is 32.1. The van der Waals surface area contributed by atoms with Crippen LogP contribution in [0.5, 0.6) is 0 Å². The van der Waals surface area contributed by atoms with Gasteiger partial charge in [-0.15, -0.1) is 11.3 Å². The van der Waals surface area contributed by atoms with E-state index in [9.17, 15) is 0 Å². The number of allylic oxidation sites excluding steroid dienone is 1. The molecule has 1 nitrogen and oxygen atoms in total. The first-order chi connectivity index (χ1) is 8.92. The van der Waals surface area contributed by atoms with Crippen LogP contribution in [0.2, 0.25) is 0 Å². The van der Waals surface area contributed by atoms with Crippen molar-refractivity contribution in [2.45, 2.75) is 26.2 Å². The minimum atomic E-state index is 1.05. The maximum absolute atomic E-state index is 3.41. The zero-order chi connectivity index (χ0) is 12.6. The van der Waals surface area contributed by atoms with Crippen molar-refractivity contribution in [3.8, 4) is 0 Å². The number of benzene rings is 1. The number of fused-ring (bicyclic) bond motifs is 1. The van der Waals surface area contributed by atoms with Crippen LogP contribution in [0.25, 0.3) is 10.1 Å². The van der Waals surface area contributed by atoms with Gasteiger partial charge >= 0.3 is 0 Å². The highest BCUT2D eigenvalue weighted by molar-refractivity contribution is 7.17. The second-order valence-corrected chi connectivity index (χ2v) is 5.38. The summed E-state index contributed by atoms with van der Waals surface area (Å²) >= 11 is 1.84. The fourth-order valence-corrected chi connectivity index (χ4v) is 2.98. The van der Waals surface area contributed by atoms with Crippen LogP contribution in [0.1, 0.15) is 25.3 Å². The number of rotatable bonds is 7. The molecule has 2 heteroatoms. The van der Waals surface area contributed by atoms with Crippen LogP contribution in [-0.2, 0) is 6.42 Å². The zero-order valence-corrected chi connectivity index (χ0v) is 11.8. The molecule has 0 aliphatic carbocycles. The van der Waals surface area contributed by atoms with Crippen LogP contribution >= 0.6 is 11.3 Å². The highest BCUT2D eigenvalue weighted by Gasteiger charge is 2.00. The van der Waals surface area contributed by atoms with E-state index in [1.165, 1.54) is 22.1 Å². The van der Waals surface area contributed by atoms with Gasteiger partial charge in [-0.1, -0.05) is 37.3 Å². The molecule has 0 fully saturated rings. The van der Waals surface area contributed by atoms with Crippen molar-refractivity contribution >= 4 is 21.4 Å². The topological polar surface area (TPSA) is 12.0 Å². The molecule has 96 valence electrons. The van der Waals surface area contributed by atoms with Gasteiger partial charge in [0.1, 0.15) is 0 Å². The SMILES string of the molecule is CCCNCCC=CCc1csc2ccccc12. The third-order valence-corrected chi connectivity index (χ3v) is 3.99.